The van der Waals surface area contributed by atoms with Crippen LogP contribution in [0.5, 0.6) is 0 Å². The second-order valence-corrected chi connectivity index (χ2v) is 5.99. The number of hydrogen-bond acceptors (Lipinski definition) is 3. The Kier molecular flexibility index (Phi) is 4.80. The number of ether oxygens (including phenoxy) is 1. The molecule has 0 bridgehead atoms. The Morgan fingerprint density at radius 1 is 1.40 bits per heavy atom. The molecule has 1 aromatic carbocycles. The van der Waals surface area contributed by atoms with E-state index in [1.54, 1.807) is 0 Å². The van der Waals surface area contributed by atoms with Crippen molar-refractivity contribution in [2.75, 3.05) is 27.7 Å². The van der Waals surface area contributed by atoms with Crippen LogP contribution in [0.15, 0.2) is 24.3 Å². The molecule has 2 rings (SSSR count). The summed E-state index contributed by atoms with van der Waals surface area (Å²) in [5.41, 5.74) is 1.63. The zero-order valence-corrected chi connectivity index (χ0v) is 12.7. The van der Waals surface area contributed by atoms with Crippen molar-refractivity contribution in [3.05, 3.63) is 35.4 Å². The van der Waals surface area contributed by atoms with Crippen molar-refractivity contribution in [3.8, 4) is 6.07 Å². The molecule has 0 radical (unpaired) electrons. The third kappa shape index (κ3) is 2.87. The van der Waals surface area contributed by atoms with Crippen LogP contribution in [0.4, 0.5) is 0 Å². The molecule has 1 aromatic rings. The normalized spacial score (nSPS) is 26.4. The lowest BCUT2D eigenvalue weighted by Crippen LogP contribution is -2.44. The number of nitrogens with zero attached hydrogens (tertiary/aromatic N) is 2. The first-order valence-corrected chi connectivity index (χ1v) is 7.33. The summed E-state index contributed by atoms with van der Waals surface area (Å²) in [5.74, 6) is 0.477. The number of methoxy groups -OCH3 is 1. The van der Waals surface area contributed by atoms with Crippen molar-refractivity contribution in [1.82, 2.24) is 4.90 Å². The van der Waals surface area contributed by atoms with Crippen LogP contribution in [0.3, 0.4) is 0 Å². The van der Waals surface area contributed by atoms with Crippen LogP contribution in [0.25, 0.3) is 0 Å². The van der Waals surface area contributed by atoms with Gasteiger partial charge >= 0.3 is 0 Å². The van der Waals surface area contributed by atoms with Crippen molar-refractivity contribution in [2.45, 2.75) is 31.3 Å². The quantitative estimate of drug-likeness (QED) is 0.844. The van der Waals surface area contributed by atoms with Crippen LogP contribution >= 0.6 is 0 Å². The minimum Gasteiger partial charge on any atom is -0.373 e. The second-order valence-electron chi connectivity index (χ2n) is 5.99. The molecular weight excluding hydrogens is 248 g/mol. The monoisotopic (exact) mass is 272 g/mol. The molecule has 0 amide bonds. The van der Waals surface area contributed by atoms with Crippen LogP contribution in [0.1, 0.15) is 36.8 Å². The van der Waals surface area contributed by atoms with Crippen molar-refractivity contribution in [2.24, 2.45) is 5.92 Å². The van der Waals surface area contributed by atoms with Crippen LogP contribution in [0.2, 0.25) is 0 Å². The Morgan fingerprint density at radius 3 is 2.85 bits per heavy atom. The fraction of sp³-hybridized carbons (Fsp3) is 0.588. The van der Waals surface area contributed by atoms with E-state index in [4.69, 9.17) is 10.00 Å². The molecule has 1 fully saturated rings. The summed E-state index contributed by atoms with van der Waals surface area (Å²) < 4.78 is 6.04. The highest BCUT2D eigenvalue weighted by Gasteiger charge is 2.42. The van der Waals surface area contributed by atoms with Gasteiger partial charge in [-0.1, -0.05) is 25.0 Å². The van der Waals surface area contributed by atoms with Gasteiger partial charge in [-0.15, -0.1) is 0 Å². The molecular formula is C17H24N2O. The first-order valence-electron chi connectivity index (χ1n) is 7.33. The zero-order valence-electron chi connectivity index (χ0n) is 12.7. The molecule has 0 aromatic heterocycles. The lowest BCUT2D eigenvalue weighted by Gasteiger charge is -2.44. The van der Waals surface area contributed by atoms with Gasteiger partial charge in [-0.25, -0.2) is 0 Å². The van der Waals surface area contributed by atoms with Crippen molar-refractivity contribution in [3.63, 3.8) is 0 Å². The molecule has 0 unspecified atom stereocenters. The van der Waals surface area contributed by atoms with Gasteiger partial charge in [0.15, 0.2) is 0 Å². The van der Waals surface area contributed by atoms with E-state index in [0.717, 1.165) is 18.5 Å². The van der Waals surface area contributed by atoms with Gasteiger partial charge in [-0.2, -0.15) is 5.26 Å². The lowest BCUT2D eigenvalue weighted by molar-refractivity contribution is -0.0951. The third-order valence-corrected chi connectivity index (χ3v) is 4.44. The first-order chi connectivity index (χ1) is 9.62. The molecule has 0 saturated heterocycles. The van der Waals surface area contributed by atoms with Crippen LogP contribution in [0, 0.1) is 17.2 Å². The van der Waals surface area contributed by atoms with Gasteiger partial charge in [0.1, 0.15) is 0 Å². The van der Waals surface area contributed by atoms with Gasteiger partial charge in [-0.3, -0.25) is 0 Å². The van der Waals surface area contributed by atoms with Crippen molar-refractivity contribution < 1.29 is 4.74 Å². The Hall–Kier alpha value is -1.37. The summed E-state index contributed by atoms with van der Waals surface area (Å²) in [7, 11) is 6.04. The Balaban J connectivity index is 2.40. The van der Waals surface area contributed by atoms with Gasteiger partial charge in [0.2, 0.25) is 0 Å². The van der Waals surface area contributed by atoms with E-state index in [2.05, 4.69) is 31.1 Å². The van der Waals surface area contributed by atoms with E-state index in [9.17, 15) is 0 Å². The van der Waals surface area contributed by atoms with Gasteiger partial charge < -0.3 is 9.64 Å². The fourth-order valence-corrected chi connectivity index (χ4v) is 3.51. The summed E-state index contributed by atoms with van der Waals surface area (Å²) >= 11 is 0. The maximum atomic E-state index is 9.13. The highest BCUT2D eigenvalue weighted by Crippen LogP contribution is 2.44. The highest BCUT2D eigenvalue weighted by atomic mass is 16.5. The Morgan fingerprint density at radius 2 is 2.20 bits per heavy atom. The molecule has 0 heterocycles. The molecule has 0 aliphatic heterocycles. The minimum atomic E-state index is -0.241. The van der Waals surface area contributed by atoms with Gasteiger partial charge in [-0.05, 0) is 44.6 Å². The third-order valence-electron chi connectivity index (χ3n) is 4.44. The molecule has 2 atom stereocenters. The van der Waals surface area contributed by atoms with Gasteiger partial charge in [0, 0.05) is 19.6 Å². The summed E-state index contributed by atoms with van der Waals surface area (Å²) in [4.78, 5) is 2.23. The maximum absolute atomic E-state index is 9.13. The molecule has 1 aliphatic carbocycles. The van der Waals surface area contributed by atoms with Gasteiger partial charge in [0.05, 0.1) is 17.2 Å². The second kappa shape index (κ2) is 6.39. The summed E-state index contributed by atoms with van der Waals surface area (Å²) in [5, 5.41) is 9.13. The highest BCUT2D eigenvalue weighted by molar-refractivity contribution is 5.36. The largest absolute Gasteiger partial charge is 0.373 e. The summed E-state index contributed by atoms with van der Waals surface area (Å²) in [6.07, 6.45) is 4.68. The van der Waals surface area contributed by atoms with E-state index in [0.29, 0.717) is 11.5 Å². The van der Waals surface area contributed by atoms with Crippen LogP contribution in [-0.2, 0) is 10.3 Å². The fourth-order valence-electron chi connectivity index (χ4n) is 3.51. The van der Waals surface area contributed by atoms with E-state index < -0.39 is 0 Å². The molecule has 1 saturated carbocycles. The molecule has 1 aliphatic rings. The average molecular weight is 272 g/mol. The molecule has 3 nitrogen and oxygen atoms in total. The Labute approximate surface area is 122 Å². The number of hydrogen-bond donors (Lipinski definition) is 0. The minimum absolute atomic E-state index is 0.241. The van der Waals surface area contributed by atoms with E-state index in [-0.39, 0.29) is 5.60 Å². The predicted octanol–water partition coefficient (Wildman–Crippen LogP) is 3.15. The molecule has 3 heteroatoms. The number of rotatable bonds is 4. The number of benzene rings is 1. The van der Waals surface area contributed by atoms with Crippen molar-refractivity contribution >= 4 is 0 Å². The van der Waals surface area contributed by atoms with Gasteiger partial charge in [0.25, 0.3) is 0 Å². The van der Waals surface area contributed by atoms with E-state index >= 15 is 0 Å². The molecule has 0 N–H and O–H groups in total. The Bertz CT molecular complexity index is 492. The van der Waals surface area contributed by atoms with Crippen LogP contribution < -0.4 is 0 Å². The topological polar surface area (TPSA) is 36.3 Å². The van der Waals surface area contributed by atoms with E-state index in [1.807, 2.05) is 25.3 Å². The molecule has 20 heavy (non-hydrogen) atoms. The van der Waals surface area contributed by atoms with E-state index in [1.165, 1.54) is 19.3 Å². The number of nitriles is 1. The summed E-state index contributed by atoms with van der Waals surface area (Å²) in [6.45, 7) is 1.02. The standard InChI is InChI=1S/C17H24N2O/c1-19(2)13-16-8-4-5-10-17(16,20-3)15-9-6-7-14(11-15)12-18/h6-7,9,11,16H,4-5,8,10,13H2,1-3H3/t16-,17+/m1/s1. The lowest BCUT2D eigenvalue weighted by atomic mass is 9.71. The molecule has 0 spiro atoms. The zero-order chi connectivity index (χ0) is 14.6. The first kappa shape index (κ1) is 15.0. The van der Waals surface area contributed by atoms with Crippen molar-refractivity contribution in [1.29, 1.82) is 5.26 Å². The van der Waals surface area contributed by atoms with Crippen LogP contribution in [-0.4, -0.2) is 32.6 Å². The molecule has 108 valence electrons. The predicted molar refractivity (Wildman–Crippen MR) is 80.4 cm³/mol. The SMILES string of the molecule is CO[C@]1(c2cccc(C#N)c2)CCCC[C@@H]1CN(C)C. The summed E-state index contributed by atoms with van der Waals surface area (Å²) in [6, 6.07) is 10.2. The maximum Gasteiger partial charge on any atom is 0.0991 e. The smallest absolute Gasteiger partial charge is 0.0991 e. The average Bonchev–Trinajstić information content (AvgIpc) is 2.47.